The number of nitrogens with one attached hydrogen (secondary N) is 1. The van der Waals surface area contributed by atoms with Crippen LogP contribution in [0.2, 0.25) is 0 Å². The number of rotatable bonds is 6. The van der Waals surface area contributed by atoms with Crippen molar-refractivity contribution in [2.45, 2.75) is 0 Å². The maximum atomic E-state index is 12.0. The number of benzene rings is 2. The number of nitrogen functional groups attached to an aromatic ring is 1. The third kappa shape index (κ3) is 4.49. The van der Waals surface area contributed by atoms with Crippen molar-refractivity contribution >= 4 is 40.0 Å². The SMILES string of the molecule is COC(=O)c1cc(Nc2ncnc(Oc3cccc4cccnc34)c2N)cc(C(=O)OC)c1. The van der Waals surface area contributed by atoms with Crippen LogP contribution >= 0.6 is 0 Å². The van der Waals surface area contributed by atoms with Crippen molar-refractivity contribution in [1.82, 2.24) is 15.0 Å². The van der Waals surface area contributed by atoms with Crippen LogP contribution in [0.15, 0.2) is 61.1 Å². The fourth-order valence-corrected chi connectivity index (χ4v) is 3.13. The van der Waals surface area contributed by atoms with E-state index in [2.05, 4.69) is 20.3 Å². The molecular weight excluding hydrogens is 426 g/mol. The maximum absolute atomic E-state index is 12.0. The number of fused-ring (bicyclic) bond motifs is 1. The van der Waals surface area contributed by atoms with E-state index >= 15 is 0 Å². The Labute approximate surface area is 188 Å². The summed E-state index contributed by atoms with van der Waals surface area (Å²) in [5.74, 6) is -0.432. The quantitative estimate of drug-likeness (QED) is 0.422. The van der Waals surface area contributed by atoms with E-state index in [9.17, 15) is 9.59 Å². The lowest BCUT2D eigenvalue weighted by Gasteiger charge is -2.14. The smallest absolute Gasteiger partial charge is 0.337 e. The van der Waals surface area contributed by atoms with Crippen molar-refractivity contribution in [3.05, 3.63) is 72.2 Å². The largest absolute Gasteiger partial charge is 0.465 e. The number of hydrogen-bond donors (Lipinski definition) is 2. The Bertz CT molecular complexity index is 1320. The second-order valence-electron chi connectivity index (χ2n) is 6.78. The molecule has 10 heteroatoms. The number of ether oxygens (including phenoxy) is 3. The van der Waals surface area contributed by atoms with Gasteiger partial charge < -0.3 is 25.3 Å². The van der Waals surface area contributed by atoms with Crippen LogP contribution in [-0.2, 0) is 9.47 Å². The molecule has 0 aliphatic rings. The van der Waals surface area contributed by atoms with Crippen LogP contribution in [0.5, 0.6) is 11.6 Å². The summed E-state index contributed by atoms with van der Waals surface area (Å²) in [6.07, 6.45) is 2.94. The van der Waals surface area contributed by atoms with Crippen LogP contribution in [-0.4, -0.2) is 41.1 Å². The Morgan fingerprint density at radius 2 is 1.61 bits per heavy atom. The zero-order valence-electron chi connectivity index (χ0n) is 17.7. The topological polar surface area (TPSA) is 139 Å². The molecule has 166 valence electrons. The molecule has 0 amide bonds. The highest BCUT2D eigenvalue weighted by Crippen LogP contribution is 2.34. The normalized spacial score (nSPS) is 10.5. The molecule has 0 spiro atoms. The third-order valence-electron chi connectivity index (χ3n) is 4.69. The van der Waals surface area contributed by atoms with Gasteiger partial charge in [-0.05, 0) is 30.3 Å². The number of nitrogens with two attached hydrogens (primary N) is 1. The Balaban J connectivity index is 1.68. The average molecular weight is 445 g/mol. The molecule has 0 unspecified atom stereocenters. The van der Waals surface area contributed by atoms with Gasteiger partial charge in [-0.15, -0.1) is 0 Å². The fourth-order valence-electron chi connectivity index (χ4n) is 3.13. The van der Waals surface area contributed by atoms with Gasteiger partial charge in [-0.2, -0.15) is 4.98 Å². The van der Waals surface area contributed by atoms with E-state index in [1.165, 1.54) is 38.7 Å². The predicted molar refractivity (Wildman–Crippen MR) is 121 cm³/mol. The first-order valence-electron chi connectivity index (χ1n) is 9.71. The van der Waals surface area contributed by atoms with E-state index in [1.54, 1.807) is 12.3 Å². The summed E-state index contributed by atoms with van der Waals surface area (Å²) in [4.78, 5) is 36.7. The van der Waals surface area contributed by atoms with Gasteiger partial charge in [0.2, 0.25) is 5.88 Å². The van der Waals surface area contributed by atoms with Crippen molar-refractivity contribution in [3.8, 4) is 11.6 Å². The highest BCUT2D eigenvalue weighted by molar-refractivity contribution is 5.97. The molecule has 3 N–H and O–H groups in total. The van der Waals surface area contributed by atoms with Crippen LogP contribution < -0.4 is 15.8 Å². The van der Waals surface area contributed by atoms with Crippen LogP contribution in [0.4, 0.5) is 17.2 Å². The van der Waals surface area contributed by atoms with Gasteiger partial charge in [-0.1, -0.05) is 18.2 Å². The molecule has 0 atom stereocenters. The van der Waals surface area contributed by atoms with Crippen molar-refractivity contribution in [2.75, 3.05) is 25.3 Å². The molecule has 4 rings (SSSR count). The molecule has 2 aromatic carbocycles. The summed E-state index contributed by atoms with van der Waals surface area (Å²) in [5.41, 5.74) is 7.68. The molecule has 0 fully saturated rings. The second-order valence-corrected chi connectivity index (χ2v) is 6.78. The van der Waals surface area contributed by atoms with Crippen molar-refractivity contribution in [3.63, 3.8) is 0 Å². The minimum atomic E-state index is -0.619. The Morgan fingerprint density at radius 1 is 0.909 bits per heavy atom. The molecule has 0 saturated heterocycles. The molecule has 0 aliphatic heterocycles. The Morgan fingerprint density at radius 3 is 2.30 bits per heavy atom. The molecule has 0 radical (unpaired) electrons. The van der Waals surface area contributed by atoms with Crippen LogP contribution in [0.3, 0.4) is 0 Å². The van der Waals surface area contributed by atoms with E-state index in [-0.39, 0.29) is 28.5 Å². The molecule has 0 saturated carbocycles. The summed E-state index contributed by atoms with van der Waals surface area (Å²) in [5, 5.41) is 3.89. The minimum Gasteiger partial charge on any atom is -0.465 e. The molecule has 4 aromatic rings. The number of anilines is 3. The van der Waals surface area contributed by atoms with Gasteiger partial charge in [0.25, 0.3) is 0 Å². The molecule has 0 aliphatic carbocycles. The van der Waals surface area contributed by atoms with Crippen LogP contribution in [0.1, 0.15) is 20.7 Å². The number of pyridine rings is 1. The molecule has 33 heavy (non-hydrogen) atoms. The Kier molecular flexibility index (Phi) is 5.98. The molecule has 2 aromatic heterocycles. The summed E-state index contributed by atoms with van der Waals surface area (Å²) in [6, 6.07) is 13.6. The number of methoxy groups -OCH3 is 2. The molecule has 0 bridgehead atoms. The number of nitrogens with zero attached hydrogens (tertiary/aromatic N) is 3. The van der Waals surface area contributed by atoms with Crippen molar-refractivity contribution in [2.24, 2.45) is 0 Å². The van der Waals surface area contributed by atoms with Gasteiger partial charge in [0.1, 0.15) is 17.5 Å². The molecule has 2 heterocycles. The first-order chi connectivity index (χ1) is 16.0. The van der Waals surface area contributed by atoms with Gasteiger partial charge in [-0.3, -0.25) is 4.98 Å². The van der Waals surface area contributed by atoms with Gasteiger partial charge in [0.15, 0.2) is 11.6 Å². The summed E-state index contributed by atoms with van der Waals surface area (Å²) in [7, 11) is 2.49. The summed E-state index contributed by atoms with van der Waals surface area (Å²) < 4.78 is 15.5. The summed E-state index contributed by atoms with van der Waals surface area (Å²) in [6.45, 7) is 0. The fraction of sp³-hybridized carbons (Fsp3) is 0.0870. The minimum absolute atomic E-state index is 0.114. The third-order valence-corrected chi connectivity index (χ3v) is 4.69. The van der Waals surface area contributed by atoms with Gasteiger partial charge >= 0.3 is 11.9 Å². The average Bonchev–Trinajstić information content (AvgIpc) is 2.85. The summed E-state index contributed by atoms with van der Waals surface area (Å²) >= 11 is 0. The lowest BCUT2D eigenvalue weighted by Crippen LogP contribution is -2.09. The number of aromatic nitrogens is 3. The second kappa shape index (κ2) is 9.18. The van der Waals surface area contributed by atoms with Crippen LogP contribution in [0, 0.1) is 0 Å². The number of carbonyl (C=O) groups excluding carboxylic acids is 2. The zero-order chi connectivity index (χ0) is 23.4. The lowest BCUT2D eigenvalue weighted by atomic mass is 10.1. The van der Waals surface area contributed by atoms with E-state index in [0.29, 0.717) is 17.0 Å². The van der Waals surface area contributed by atoms with E-state index in [0.717, 1.165) is 5.39 Å². The van der Waals surface area contributed by atoms with Gasteiger partial charge in [0.05, 0.1) is 25.3 Å². The maximum Gasteiger partial charge on any atom is 0.337 e. The Hall–Kier alpha value is -4.73. The van der Waals surface area contributed by atoms with E-state index in [4.69, 9.17) is 19.9 Å². The van der Waals surface area contributed by atoms with E-state index in [1.807, 2.05) is 24.3 Å². The number of hydrogen-bond acceptors (Lipinski definition) is 10. The van der Waals surface area contributed by atoms with Crippen LogP contribution in [0.25, 0.3) is 10.9 Å². The monoisotopic (exact) mass is 445 g/mol. The molecule has 10 nitrogen and oxygen atoms in total. The zero-order valence-corrected chi connectivity index (χ0v) is 17.7. The lowest BCUT2D eigenvalue weighted by molar-refractivity contribution is 0.0599. The number of esters is 2. The van der Waals surface area contributed by atoms with E-state index < -0.39 is 11.9 Å². The highest BCUT2D eigenvalue weighted by Gasteiger charge is 2.17. The number of para-hydroxylation sites is 1. The first kappa shape index (κ1) is 21.5. The first-order valence-corrected chi connectivity index (χ1v) is 9.71. The highest BCUT2D eigenvalue weighted by atomic mass is 16.5. The van der Waals surface area contributed by atoms with Crippen molar-refractivity contribution < 1.29 is 23.8 Å². The predicted octanol–water partition coefficient (Wildman–Crippen LogP) is 3.72. The standard InChI is InChI=1S/C23H19N5O5/c1-31-22(29)14-9-15(23(30)32-2)11-16(10-14)28-20-18(24)21(27-12-26-20)33-17-7-3-5-13-6-4-8-25-19(13)17/h3-12H,24H2,1-2H3,(H,26,27,28). The number of carbonyl (C=O) groups is 2. The van der Waals surface area contributed by atoms with Crippen molar-refractivity contribution in [1.29, 1.82) is 0 Å². The molecular formula is C23H19N5O5. The van der Waals surface area contributed by atoms with Gasteiger partial charge in [0, 0.05) is 17.3 Å². The van der Waals surface area contributed by atoms with Gasteiger partial charge in [-0.25, -0.2) is 14.6 Å².